The van der Waals surface area contributed by atoms with E-state index in [1.807, 2.05) is 0 Å². The van der Waals surface area contributed by atoms with Crippen LogP contribution in [0.4, 0.5) is 0 Å². The van der Waals surface area contributed by atoms with E-state index in [9.17, 15) is 30.0 Å². The van der Waals surface area contributed by atoms with Crippen molar-refractivity contribution in [1.82, 2.24) is 5.32 Å². The van der Waals surface area contributed by atoms with Gasteiger partial charge in [0.1, 0.15) is 18.3 Å². The summed E-state index contributed by atoms with van der Waals surface area (Å²) in [5.74, 6) is -4.32. The highest BCUT2D eigenvalue weighted by atomic mass is 16.7. The van der Waals surface area contributed by atoms with Gasteiger partial charge in [-0.3, -0.25) is 4.79 Å². The van der Waals surface area contributed by atoms with E-state index in [1.54, 1.807) is 0 Å². The lowest BCUT2D eigenvalue weighted by Crippen LogP contribution is -2.67. The van der Waals surface area contributed by atoms with Crippen molar-refractivity contribution >= 4 is 11.9 Å². The second-order valence-electron chi connectivity index (χ2n) is 5.10. The number of ether oxygens (including phenoxy) is 2. The number of esters is 1. The van der Waals surface area contributed by atoms with Crippen molar-refractivity contribution in [3.63, 3.8) is 0 Å². The van der Waals surface area contributed by atoms with Crippen LogP contribution in [0.25, 0.3) is 0 Å². The van der Waals surface area contributed by atoms with E-state index in [0.717, 1.165) is 14.0 Å². The predicted molar refractivity (Wildman–Crippen MR) is 69.2 cm³/mol. The number of hydrogen-bond donors (Lipinski definition) is 6. The molecule has 0 radical (unpaired) electrons. The number of aliphatic hydroxyl groups excluding tert-OH is 4. The summed E-state index contributed by atoms with van der Waals surface area (Å²) in [6.07, 6.45) is -7.09. The van der Waals surface area contributed by atoms with Crippen LogP contribution in [0.15, 0.2) is 0 Å². The molecule has 0 aromatic heterocycles. The van der Waals surface area contributed by atoms with E-state index in [0.29, 0.717) is 0 Å². The van der Waals surface area contributed by atoms with Gasteiger partial charge < -0.3 is 40.3 Å². The maximum absolute atomic E-state index is 11.6. The molecule has 10 heteroatoms. The molecular weight excluding hydrogens is 302 g/mol. The molecule has 6 N–H and O–H groups in total. The summed E-state index contributed by atoms with van der Waals surface area (Å²) >= 11 is 0. The minimum absolute atomic E-state index is 0.563. The molecule has 1 rings (SSSR count). The SMILES string of the molecule is COC(=O)[C@]1(O)CC(O)C(NC(C)=O)C(C(O)C(O)CO)O1. The number of methoxy groups -OCH3 is 1. The molecule has 1 heterocycles. The monoisotopic (exact) mass is 323 g/mol. The molecule has 0 aliphatic carbocycles. The van der Waals surface area contributed by atoms with Gasteiger partial charge in [-0.1, -0.05) is 0 Å². The summed E-state index contributed by atoms with van der Waals surface area (Å²) in [5.41, 5.74) is 0. The molecule has 1 fully saturated rings. The molecule has 1 amide bonds. The molecule has 1 saturated heterocycles. The minimum Gasteiger partial charge on any atom is -0.465 e. The third-order valence-corrected chi connectivity index (χ3v) is 3.38. The maximum atomic E-state index is 11.6. The van der Waals surface area contributed by atoms with Crippen molar-refractivity contribution in [1.29, 1.82) is 0 Å². The number of aliphatic hydroxyl groups is 5. The molecule has 0 saturated carbocycles. The largest absolute Gasteiger partial charge is 0.465 e. The average Bonchev–Trinajstić information content (AvgIpc) is 2.46. The maximum Gasteiger partial charge on any atom is 0.366 e. The van der Waals surface area contributed by atoms with Crippen molar-refractivity contribution in [3.05, 3.63) is 0 Å². The summed E-state index contributed by atoms with van der Waals surface area (Å²) in [6.45, 7) is 0.320. The molecule has 10 nitrogen and oxygen atoms in total. The highest BCUT2D eigenvalue weighted by molar-refractivity contribution is 5.78. The van der Waals surface area contributed by atoms with Crippen molar-refractivity contribution in [2.45, 2.75) is 49.6 Å². The van der Waals surface area contributed by atoms with Crippen LogP contribution >= 0.6 is 0 Å². The standard InChI is InChI=1S/C12H21NO9/c1-5(15)13-8-6(16)3-12(20,11(19)21-2)22-10(8)9(18)7(17)4-14/h6-10,14,16-18,20H,3-4H2,1-2H3,(H,13,15)/t6?,7?,8?,9?,10?,12-/m0/s1. The van der Waals surface area contributed by atoms with Crippen LogP contribution in [-0.4, -0.2) is 87.4 Å². The zero-order valence-electron chi connectivity index (χ0n) is 12.2. The van der Waals surface area contributed by atoms with Crippen LogP contribution in [0, 0.1) is 0 Å². The van der Waals surface area contributed by atoms with Crippen LogP contribution in [0.3, 0.4) is 0 Å². The Labute approximate surface area is 126 Å². The number of carbonyl (C=O) groups excluding carboxylic acids is 2. The third-order valence-electron chi connectivity index (χ3n) is 3.38. The Hall–Kier alpha value is -1.30. The number of nitrogens with one attached hydrogen (secondary N) is 1. The van der Waals surface area contributed by atoms with Gasteiger partial charge in [0.2, 0.25) is 5.91 Å². The summed E-state index contributed by atoms with van der Waals surface area (Å²) in [5, 5.41) is 50.8. The van der Waals surface area contributed by atoms with Crippen LogP contribution in [-0.2, 0) is 19.1 Å². The number of carbonyl (C=O) groups is 2. The Morgan fingerprint density at radius 2 is 2.05 bits per heavy atom. The minimum atomic E-state index is -2.55. The second kappa shape index (κ2) is 7.31. The normalized spacial score (nSPS) is 34.6. The fourth-order valence-electron chi connectivity index (χ4n) is 2.29. The molecular formula is C12H21NO9. The first-order valence-corrected chi connectivity index (χ1v) is 6.57. The van der Waals surface area contributed by atoms with E-state index >= 15 is 0 Å². The Bertz CT molecular complexity index is 417. The molecule has 1 aliphatic heterocycles. The first kappa shape index (κ1) is 18.7. The second-order valence-corrected chi connectivity index (χ2v) is 5.10. The summed E-state index contributed by atoms with van der Waals surface area (Å²) in [7, 11) is 0.990. The van der Waals surface area contributed by atoms with Crippen LogP contribution < -0.4 is 5.32 Å². The van der Waals surface area contributed by atoms with E-state index in [2.05, 4.69) is 10.1 Å². The lowest BCUT2D eigenvalue weighted by Gasteiger charge is -2.45. The molecule has 0 aromatic rings. The Morgan fingerprint density at radius 3 is 2.50 bits per heavy atom. The Kier molecular flexibility index (Phi) is 6.23. The lowest BCUT2D eigenvalue weighted by molar-refractivity contribution is -0.296. The molecule has 0 bridgehead atoms. The van der Waals surface area contributed by atoms with Gasteiger partial charge in [-0.25, -0.2) is 4.79 Å². The van der Waals surface area contributed by atoms with Crippen molar-refractivity contribution < 1.29 is 44.6 Å². The molecule has 5 unspecified atom stereocenters. The zero-order valence-corrected chi connectivity index (χ0v) is 12.2. The van der Waals surface area contributed by atoms with Gasteiger partial charge in [-0.15, -0.1) is 0 Å². The van der Waals surface area contributed by atoms with Gasteiger partial charge in [0.25, 0.3) is 5.79 Å². The third kappa shape index (κ3) is 3.91. The van der Waals surface area contributed by atoms with Crippen molar-refractivity contribution in [2.75, 3.05) is 13.7 Å². The molecule has 6 atom stereocenters. The smallest absolute Gasteiger partial charge is 0.366 e. The molecule has 0 aromatic carbocycles. The van der Waals surface area contributed by atoms with E-state index < -0.39 is 61.1 Å². The summed E-state index contributed by atoms with van der Waals surface area (Å²) in [4.78, 5) is 22.8. The molecule has 1 aliphatic rings. The van der Waals surface area contributed by atoms with Crippen LogP contribution in [0.1, 0.15) is 13.3 Å². The topological polar surface area (TPSA) is 166 Å². The van der Waals surface area contributed by atoms with E-state index in [-0.39, 0.29) is 0 Å². The number of amides is 1. The van der Waals surface area contributed by atoms with E-state index in [1.165, 1.54) is 0 Å². The van der Waals surface area contributed by atoms with Gasteiger partial charge in [0.15, 0.2) is 0 Å². The highest BCUT2D eigenvalue weighted by Crippen LogP contribution is 2.31. The van der Waals surface area contributed by atoms with Crippen molar-refractivity contribution in [2.24, 2.45) is 0 Å². The van der Waals surface area contributed by atoms with Crippen LogP contribution in [0.5, 0.6) is 0 Å². The number of hydrogen-bond acceptors (Lipinski definition) is 9. The molecule has 0 spiro atoms. The van der Waals surface area contributed by atoms with Gasteiger partial charge in [-0.2, -0.15) is 0 Å². The van der Waals surface area contributed by atoms with Crippen molar-refractivity contribution in [3.8, 4) is 0 Å². The first-order chi connectivity index (χ1) is 10.2. The van der Waals surface area contributed by atoms with Gasteiger partial charge >= 0.3 is 5.97 Å². The van der Waals surface area contributed by atoms with Gasteiger partial charge in [0, 0.05) is 13.3 Å². The van der Waals surface area contributed by atoms with Gasteiger partial charge in [0.05, 0.1) is 25.9 Å². The zero-order chi connectivity index (χ0) is 17.1. The molecule has 128 valence electrons. The predicted octanol–water partition coefficient (Wildman–Crippen LogP) is -3.78. The Morgan fingerprint density at radius 1 is 1.45 bits per heavy atom. The summed E-state index contributed by atoms with van der Waals surface area (Å²) in [6, 6.07) is -1.21. The van der Waals surface area contributed by atoms with Gasteiger partial charge in [-0.05, 0) is 0 Å². The summed E-state index contributed by atoms with van der Waals surface area (Å²) < 4.78 is 9.45. The fraction of sp³-hybridized carbons (Fsp3) is 0.833. The highest BCUT2D eigenvalue weighted by Gasteiger charge is 2.54. The first-order valence-electron chi connectivity index (χ1n) is 6.57. The van der Waals surface area contributed by atoms with E-state index in [4.69, 9.17) is 9.84 Å². The molecule has 22 heavy (non-hydrogen) atoms. The Balaban J connectivity index is 3.09. The average molecular weight is 323 g/mol. The number of rotatable bonds is 5. The quantitative estimate of drug-likeness (QED) is 0.278. The fourth-order valence-corrected chi connectivity index (χ4v) is 2.29. The van der Waals surface area contributed by atoms with Crippen LogP contribution in [0.2, 0.25) is 0 Å². The lowest BCUT2D eigenvalue weighted by atomic mass is 9.88.